The van der Waals surface area contributed by atoms with Crippen molar-refractivity contribution in [2.75, 3.05) is 20.1 Å². The van der Waals surface area contributed by atoms with Crippen LogP contribution in [-0.4, -0.2) is 41.0 Å². The summed E-state index contributed by atoms with van der Waals surface area (Å²) in [7, 11) is 2.21. The molecule has 1 heterocycles. The van der Waals surface area contributed by atoms with Crippen LogP contribution in [0.25, 0.3) is 0 Å². The van der Waals surface area contributed by atoms with Crippen molar-refractivity contribution in [3.05, 3.63) is 23.8 Å². The van der Waals surface area contributed by atoms with Crippen molar-refractivity contribution < 1.29 is 0 Å². The molecule has 1 aromatic rings. The number of nitrogens with one attached hydrogen (secondary N) is 1. The van der Waals surface area contributed by atoms with E-state index in [0.717, 1.165) is 30.5 Å². The third kappa shape index (κ3) is 3.48. The summed E-state index contributed by atoms with van der Waals surface area (Å²) in [4.78, 5) is 11.1. The van der Waals surface area contributed by atoms with Gasteiger partial charge in [-0.3, -0.25) is 9.97 Å². The average molecular weight is 234 g/mol. The number of aromatic nitrogens is 2. The summed E-state index contributed by atoms with van der Waals surface area (Å²) < 4.78 is 0. The Morgan fingerprint density at radius 1 is 1.41 bits per heavy atom. The zero-order chi connectivity index (χ0) is 12.3. The Bertz CT molecular complexity index is 362. The quantitative estimate of drug-likeness (QED) is 0.810. The van der Waals surface area contributed by atoms with Gasteiger partial charge in [0.15, 0.2) is 0 Å². The standard InChI is InChI=1S/C13H22N4/c1-10-13(16-7-6-14-10)11(2)15-8-9-17(3)12-4-5-12/h6-7,11-12,15H,4-5,8-9H2,1-3H3. The van der Waals surface area contributed by atoms with Gasteiger partial charge in [0.1, 0.15) is 0 Å². The number of hydrogen-bond donors (Lipinski definition) is 1. The predicted octanol–water partition coefficient (Wildman–Crippen LogP) is 1.53. The highest BCUT2D eigenvalue weighted by atomic mass is 15.2. The summed E-state index contributed by atoms with van der Waals surface area (Å²) in [5.41, 5.74) is 2.07. The van der Waals surface area contributed by atoms with Gasteiger partial charge in [-0.25, -0.2) is 0 Å². The summed E-state index contributed by atoms with van der Waals surface area (Å²) >= 11 is 0. The SMILES string of the molecule is Cc1nccnc1C(C)NCCN(C)C1CC1. The van der Waals surface area contributed by atoms with Gasteiger partial charge in [-0.05, 0) is 33.7 Å². The van der Waals surface area contributed by atoms with Gasteiger partial charge >= 0.3 is 0 Å². The maximum absolute atomic E-state index is 4.38. The third-order valence-electron chi connectivity index (χ3n) is 3.41. The van der Waals surface area contributed by atoms with E-state index in [-0.39, 0.29) is 6.04 Å². The molecule has 1 fully saturated rings. The lowest BCUT2D eigenvalue weighted by Gasteiger charge is -2.19. The van der Waals surface area contributed by atoms with Crippen LogP contribution in [0.5, 0.6) is 0 Å². The van der Waals surface area contributed by atoms with E-state index in [4.69, 9.17) is 0 Å². The van der Waals surface area contributed by atoms with Gasteiger partial charge in [-0.15, -0.1) is 0 Å². The Labute approximate surface area is 103 Å². The molecule has 1 unspecified atom stereocenters. The molecule has 1 N–H and O–H groups in total. The van der Waals surface area contributed by atoms with Gasteiger partial charge in [-0.1, -0.05) is 0 Å². The molecule has 4 nitrogen and oxygen atoms in total. The molecule has 0 spiro atoms. The highest BCUT2D eigenvalue weighted by Gasteiger charge is 2.25. The molecule has 0 aromatic carbocycles. The first-order chi connectivity index (χ1) is 8.18. The smallest absolute Gasteiger partial charge is 0.0782 e. The number of hydrogen-bond acceptors (Lipinski definition) is 4. The zero-order valence-corrected chi connectivity index (χ0v) is 11.0. The van der Waals surface area contributed by atoms with Crippen LogP contribution in [0, 0.1) is 6.92 Å². The number of aryl methyl sites for hydroxylation is 1. The maximum atomic E-state index is 4.38. The minimum atomic E-state index is 0.274. The van der Waals surface area contributed by atoms with Crippen molar-refractivity contribution in [2.45, 2.75) is 38.8 Å². The van der Waals surface area contributed by atoms with Crippen molar-refractivity contribution in [3.63, 3.8) is 0 Å². The van der Waals surface area contributed by atoms with E-state index in [1.165, 1.54) is 12.8 Å². The lowest BCUT2D eigenvalue weighted by molar-refractivity contribution is 0.316. The topological polar surface area (TPSA) is 41.1 Å². The molecular formula is C13H22N4. The highest BCUT2D eigenvalue weighted by Crippen LogP contribution is 2.24. The second-order valence-corrected chi connectivity index (χ2v) is 4.91. The predicted molar refractivity (Wildman–Crippen MR) is 68.8 cm³/mol. The Morgan fingerprint density at radius 2 is 2.12 bits per heavy atom. The monoisotopic (exact) mass is 234 g/mol. The fourth-order valence-electron chi connectivity index (χ4n) is 2.10. The van der Waals surface area contributed by atoms with Gasteiger partial charge in [0.2, 0.25) is 0 Å². The maximum Gasteiger partial charge on any atom is 0.0782 e. The van der Waals surface area contributed by atoms with Crippen LogP contribution in [-0.2, 0) is 0 Å². The number of likely N-dealkylation sites (N-methyl/N-ethyl adjacent to an activating group) is 1. The van der Waals surface area contributed by atoms with Crippen LogP contribution >= 0.6 is 0 Å². The van der Waals surface area contributed by atoms with Crippen molar-refractivity contribution in [1.29, 1.82) is 0 Å². The fourth-order valence-corrected chi connectivity index (χ4v) is 2.10. The van der Waals surface area contributed by atoms with Crippen molar-refractivity contribution in [2.24, 2.45) is 0 Å². The minimum absolute atomic E-state index is 0.274. The second kappa shape index (κ2) is 5.56. The van der Waals surface area contributed by atoms with Gasteiger partial charge in [0.25, 0.3) is 0 Å². The van der Waals surface area contributed by atoms with E-state index in [0.29, 0.717) is 0 Å². The normalized spacial score (nSPS) is 17.4. The first kappa shape index (κ1) is 12.5. The van der Waals surface area contributed by atoms with Gasteiger partial charge in [0.05, 0.1) is 11.4 Å². The van der Waals surface area contributed by atoms with Crippen molar-refractivity contribution in [1.82, 2.24) is 20.2 Å². The van der Waals surface area contributed by atoms with Crippen molar-refractivity contribution >= 4 is 0 Å². The van der Waals surface area contributed by atoms with Crippen LogP contribution in [0.1, 0.15) is 37.2 Å². The lowest BCUT2D eigenvalue weighted by Crippen LogP contribution is -2.32. The number of nitrogens with zero attached hydrogens (tertiary/aromatic N) is 3. The van der Waals surface area contributed by atoms with E-state index in [1.54, 1.807) is 12.4 Å². The van der Waals surface area contributed by atoms with Crippen LogP contribution in [0.3, 0.4) is 0 Å². The van der Waals surface area contributed by atoms with Gasteiger partial charge in [0, 0.05) is 37.6 Å². The molecule has 0 amide bonds. The Kier molecular flexibility index (Phi) is 4.07. The average Bonchev–Trinajstić information content (AvgIpc) is 3.13. The molecule has 4 heteroatoms. The molecule has 2 rings (SSSR count). The molecule has 0 radical (unpaired) electrons. The minimum Gasteiger partial charge on any atom is -0.308 e. The Morgan fingerprint density at radius 3 is 2.76 bits per heavy atom. The molecule has 0 aliphatic heterocycles. The van der Waals surface area contributed by atoms with Gasteiger partial charge < -0.3 is 10.2 Å². The first-order valence-electron chi connectivity index (χ1n) is 6.39. The second-order valence-electron chi connectivity index (χ2n) is 4.91. The summed E-state index contributed by atoms with van der Waals surface area (Å²) in [6.07, 6.45) is 6.24. The Hall–Kier alpha value is -1.00. The van der Waals surface area contributed by atoms with E-state index in [1.807, 2.05) is 6.92 Å². The molecule has 1 aromatic heterocycles. The van der Waals surface area contributed by atoms with Crippen LogP contribution in [0.2, 0.25) is 0 Å². The highest BCUT2D eigenvalue weighted by molar-refractivity contribution is 5.12. The molecule has 1 aliphatic carbocycles. The molecule has 1 saturated carbocycles. The summed E-state index contributed by atoms with van der Waals surface area (Å²) in [6, 6.07) is 1.11. The van der Waals surface area contributed by atoms with E-state index in [9.17, 15) is 0 Å². The third-order valence-corrected chi connectivity index (χ3v) is 3.41. The Balaban J connectivity index is 1.76. The first-order valence-corrected chi connectivity index (χ1v) is 6.39. The van der Waals surface area contributed by atoms with Crippen LogP contribution in [0.4, 0.5) is 0 Å². The van der Waals surface area contributed by atoms with Crippen molar-refractivity contribution in [3.8, 4) is 0 Å². The largest absolute Gasteiger partial charge is 0.308 e. The molecule has 17 heavy (non-hydrogen) atoms. The van der Waals surface area contributed by atoms with Crippen LogP contribution in [0.15, 0.2) is 12.4 Å². The summed E-state index contributed by atoms with van der Waals surface area (Å²) in [5.74, 6) is 0. The molecule has 94 valence electrons. The molecular weight excluding hydrogens is 212 g/mol. The number of rotatable bonds is 6. The van der Waals surface area contributed by atoms with E-state index >= 15 is 0 Å². The summed E-state index contributed by atoms with van der Waals surface area (Å²) in [5, 5.41) is 3.51. The van der Waals surface area contributed by atoms with Crippen LogP contribution < -0.4 is 5.32 Å². The fraction of sp³-hybridized carbons (Fsp3) is 0.692. The summed E-state index contributed by atoms with van der Waals surface area (Å²) in [6.45, 7) is 6.27. The lowest BCUT2D eigenvalue weighted by atomic mass is 10.2. The molecule has 1 atom stereocenters. The molecule has 1 aliphatic rings. The zero-order valence-electron chi connectivity index (χ0n) is 11.0. The molecule has 0 saturated heterocycles. The van der Waals surface area contributed by atoms with Gasteiger partial charge in [-0.2, -0.15) is 0 Å². The van der Waals surface area contributed by atoms with E-state index in [2.05, 4.69) is 34.2 Å². The molecule has 0 bridgehead atoms. The van der Waals surface area contributed by atoms with E-state index < -0.39 is 0 Å².